The summed E-state index contributed by atoms with van der Waals surface area (Å²) in [5, 5.41) is 3.36. The van der Waals surface area contributed by atoms with Crippen LogP contribution in [-0.2, 0) is 4.79 Å². The third-order valence-corrected chi connectivity index (χ3v) is 4.38. The van der Waals surface area contributed by atoms with Gasteiger partial charge in [-0.3, -0.25) is 4.79 Å². The molecule has 0 heterocycles. The average molecular weight is 332 g/mol. The van der Waals surface area contributed by atoms with Crippen molar-refractivity contribution in [1.82, 2.24) is 0 Å². The molecule has 1 aliphatic carbocycles. The Labute approximate surface area is 140 Å². The maximum absolute atomic E-state index is 12.5. The van der Waals surface area contributed by atoms with Gasteiger partial charge in [0, 0.05) is 18.1 Å². The molecule has 1 N–H and O–H groups in total. The number of benzene rings is 2. The van der Waals surface area contributed by atoms with Gasteiger partial charge in [0.05, 0.1) is 24.9 Å². The first-order valence-corrected chi connectivity index (χ1v) is 7.79. The van der Waals surface area contributed by atoms with Crippen molar-refractivity contribution in [2.45, 2.75) is 12.3 Å². The van der Waals surface area contributed by atoms with Crippen molar-refractivity contribution in [3.05, 3.63) is 53.1 Å². The first kappa shape index (κ1) is 15.7. The van der Waals surface area contributed by atoms with E-state index in [1.54, 1.807) is 12.1 Å². The SMILES string of the molecule is COc1cc(NC(=O)C2CC2c2ccccc2)c(OC)cc1Cl. The maximum Gasteiger partial charge on any atom is 0.228 e. The molecule has 4 nitrogen and oxygen atoms in total. The highest BCUT2D eigenvalue weighted by Gasteiger charge is 2.44. The second-order valence-electron chi connectivity index (χ2n) is 5.54. The van der Waals surface area contributed by atoms with E-state index in [9.17, 15) is 4.79 Å². The molecule has 2 aromatic rings. The molecule has 0 bridgehead atoms. The number of hydrogen-bond acceptors (Lipinski definition) is 3. The largest absolute Gasteiger partial charge is 0.495 e. The Hall–Kier alpha value is -2.20. The molecule has 1 fully saturated rings. The molecular weight excluding hydrogens is 314 g/mol. The van der Waals surface area contributed by atoms with Crippen molar-refractivity contribution in [3.63, 3.8) is 0 Å². The van der Waals surface area contributed by atoms with Crippen LogP contribution in [0.5, 0.6) is 11.5 Å². The number of nitrogens with one attached hydrogen (secondary N) is 1. The summed E-state index contributed by atoms with van der Waals surface area (Å²) < 4.78 is 10.5. The van der Waals surface area contributed by atoms with E-state index < -0.39 is 0 Å². The minimum absolute atomic E-state index is 0.0104. The van der Waals surface area contributed by atoms with Crippen molar-refractivity contribution in [1.29, 1.82) is 0 Å². The van der Waals surface area contributed by atoms with E-state index >= 15 is 0 Å². The number of carbonyl (C=O) groups excluding carboxylic acids is 1. The van der Waals surface area contributed by atoms with E-state index in [-0.39, 0.29) is 17.7 Å². The third kappa shape index (κ3) is 3.27. The van der Waals surface area contributed by atoms with E-state index in [0.29, 0.717) is 22.2 Å². The Morgan fingerprint density at radius 2 is 1.83 bits per heavy atom. The standard InChI is InChI=1S/C18H18ClNO3/c1-22-16-10-15(17(23-2)9-14(16)19)20-18(21)13-8-12(13)11-6-4-3-5-7-11/h3-7,9-10,12-13H,8H2,1-2H3,(H,20,21). The van der Waals surface area contributed by atoms with Crippen LogP contribution in [0.1, 0.15) is 17.9 Å². The second-order valence-corrected chi connectivity index (χ2v) is 5.94. The first-order valence-electron chi connectivity index (χ1n) is 7.41. The van der Waals surface area contributed by atoms with Gasteiger partial charge in [-0.25, -0.2) is 0 Å². The highest BCUT2D eigenvalue weighted by Crippen LogP contribution is 2.48. The molecule has 1 saturated carbocycles. The zero-order valence-electron chi connectivity index (χ0n) is 13.0. The number of halogens is 1. The predicted octanol–water partition coefficient (Wildman–Crippen LogP) is 4.10. The molecule has 2 atom stereocenters. The minimum Gasteiger partial charge on any atom is -0.495 e. The van der Waals surface area contributed by atoms with Gasteiger partial charge in [0.15, 0.2) is 0 Å². The predicted molar refractivity (Wildman–Crippen MR) is 90.5 cm³/mol. The van der Waals surface area contributed by atoms with Crippen molar-refractivity contribution in [2.75, 3.05) is 19.5 Å². The van der Waals surface area contributed by atoms with E-state index in [0.717, 1.165) is 6.42 Å². The molecule has 3 rings (SSSR count). The topological polar surface area (TPSA) is 47.6 Å². The lowest BCUT2D eigenvalue weighted by Crippen LogP contribution is -2.15. The number of rotatable bonds is 5. The second kappa shape index (κ2) is 6.50. The molecule has 2 aromatic carbocycles. The van der Waals surface area contributed by atoms with Gasteiger partial charge >= 0.3 is 0 Å². The molecule has 120 valence electrons. The van der Waals surface area contributed by atoms with Crippen LogP contribution in [0.2, 0.25) is 5.02 Å². The molecule has 23 heavy (non-hydrogen) atoms. The average Bonchev–Trinajstić information content (AvgIpc) is 3.37. The highest BCUT2D eigenvalue weighted by molar-refractivity contribution is 6.32. The molecule has 0 aliphatic heterocycles. The molecule has 5 heteroatoms. The Bertz CT molecular complexity index is 718. The molecule has 0 aromatic heterocycles. The molecule has 0 spiro atoms. The summed E-state index contributed by atoms with van der Waals surface area (Å²) in [4.78, 5) is 12.5. The van der Waals surface area contributed by atoms with Crippen LogP contribution in [0.4, 0.5) is 5.69 Å². The number of hydrogen-bond donors (Lipinski definition) is 1. The van der Waals surface area contributed by atoms with E-state index in [1.807, 2.05) is 18.2 Å². The van der Waals surface area contributed by atoms with Crippen molar-refractivity contribution in [2.24, 2.45) is 5.92 Å². The van der Waals surface area contributed by atoms with Crippen molar-refractivity contribution >= 4 is 23.2 Å². The van der Waals surface area contributed by atoms with E-state index in [1.165, 1.54) is 19.8 Å². The van der Waals surface area contributed by atoms with Crippen LogP contribution in [0.25, 0.3) is 0 Å². The summed E-state index contributed by atoms with van der Waals surface area (Å²) in [7, 11) is 3.07. The Morgan fingerprint density at radius 3 is 2.48 bits per heavy atom. The number of amides is 1. The van der Waals surface area contributed by atoms with Crippen molar-refractivity contribution < 1.29 is 14.3 Å². The third-order valence-electron chi connectivity index (χ3n) is 4.09. The Balaban J connectivity index is 1.74. The number of methoxy groups -OCH3 is 2. The fourth-order valence-electron chi connectivity index (χ4n) is 2.74. The summed E-state index contributed by atoms with van der Waals surface area (Å²) in [6.07, 6.45) is 0.864. The summed E-state index contributed by atoms with van der Waals surface area (Å²) in [6, 6.07) is 13.4. The van der Waals surface area contributed by atoms with Gasteiger partial charge in [-0.15, -0.1) is 0 Å². The van der Waals surface area contributed by atoms with Crippen LogP contribution >= 0.6 is 11.6 Å². The maximum atomic E-state index is 12.5. The van der Waals surface area contributed by atoms with Gasteiger partial charge in [0.2, 0.25) is 5.91 Å². The lowest BCUT2D eigenvalue weighted by atomic mass is 10.1. The monoisotopic (exact) mass is 331 g/mol. The van der Waals surface area contributed by atoms with Gasteiger partial charge < -0.3 is 14.8 Å². The minimum atomic E-state index is -0.0125. The first-order chi connectivity index (χ1) is 11.1. The Kier molecular flexibility index (Phi) is 4.44. The normalized spacial score (nSPS) is 19.1. The van der Waals surface area contributed by atoms with Crippen LogP contribution in [-0.4, -0.2) is 20.1 Å². The summed E-state index contributed by atoms with van der Waals surface area (Å²) in [6.45, 7) is 0. The van der Waals surface area contributed by atoms with Gasteiger partial charge in [-0.05, 0) is 17.9 Å². The lowest BCUT2D eigenvalue weighted by molar-refractivity contribution is -0.117. The van der Waals surface area contributed by atoms with Gasteiger partial charge in [-0.1, -0.05) is 41.9 Å². The zero-order chi connectivity index (χ0) is 16.4. The van der Waals surface area contributed by atoms with E-state index in [2.05, 4.69) is 17.4 Å². The van der Waals surface area contributed by atoms with Crippen LogP contribution in [0.15, 0.2) is 42.5 Å². The van der Waals surface area contributed by atoms with Crippen LogP contribution < -0.4 is 14.8 Å². The van der Waals surface area contributed by atoms with Crippen LogP contribution in [0, 0.1) is 5.92 Å². The van der Waals surface area contributed by atoms with Crippen LogP contribution in [0.3, 0.4) is 0 Å². The summed E-state index contributed by atoms with van der Waals surface area (Å²) >= 11 is 6.08. The fraction of sp³-hybridized carbons (Fsp3) is 0.278. The van der Waals surface area contributed by atoms with Crippen molar-refractivity contribution in [3.8, 4) is 11.5 Å². The molecular formula is C18H18ClNO3. The quantitative estimate of drug-likeness (QED) is 0.897. The highest BCUT2D eigenvalue weighted by atomic mass is 35.5. The molecule has 1 amide bonds. The number of anilines is 1. The summed E-state index contributed by atoms with van der Waals surface area (Å²) in [5.41, 5.74) is 1.77. The molecule has 0 saturated heterocycles. The van der Waals surface area contributed by atoms with Gasteiger partial charge in [0.1, 0.15) is 11.5 Å². The molecule has 2 unspecified atom stereocenters. The van der Waals surface area contributed by atoms with E-state index in [4.69, 9.17) is 21.1 Å². The van der Waals surface area contributed by atoms with Gasteiger partial charge in [0.25, 0.3) is 0 Å². The zero-order valence-corrected chi connectivity index (χ0v) is 13.8. The fourth-order valence-corrected chi connectivity index (χ4v) is 2.97. The lowest BCUT2D eigenvalue weighted by Gasteiger charge is -2.13. The van der Waals surface area contributed by atoms with Gasteiger partial charge in [-0.2, -0.15) is 0 Å². The summed E-state index contributed by atoms with van der Waals surface area (Å²) in [5.74, 6) is 1.28. The number of ether oxygens (including phenoxy) is 2. The molecule has 1 aliphatic rings. The Morgan fingerprint density at radius 1 is 1.13 bits per heavy atom. The number of carbonyl (C=O) groups is 1. The molecule has 0 radical (unpaired) electrons. The smallest absolute Gasteiger partial charge is 0.228 e.